The molecule has 0 aliphatic rings. The van der Waals surface area contributed by atoms with Crippen LogP contribution in [0.1, 0.15) is 15.9 Å². The third-order valence-electron chi connectivity index (χ3n) is 3.76. The molecule has 7 nitrogen and oxygen atoms in total. The van der Waals surface area contributed by atoms with Gasteiger partial charge in [0.2, 0.25) is 0 Å². The Labute approximate surface area is 149 Å². The van der Waals surface area contributed by atoms with Crippen molar-refractivity contribution in [3.63, 3.8) is 0 Å². The van der Waals surface area contributed by atoms with Crippen LogP contribution in [0.2, 0.25) is 0 Å². The lowest BCUT2D eigenvalue weighted by Crippen LogP contribution is -2.25. The number of hydrazone groups is 1. The highest BCUT2D eigenvalue weighted by Gasteiger charge is 2.14. The fraction of sp³-hybridized carbons (Fsp3) is 0.105. The number of carboxylic acid groups (broad SMARTS) is 1. The molecule has 132 valence electrons. The van der Waals surface area contributed by atoms with E-state index in [-0.39, 0.29) is 11.3 Å². The maximum Gasteiger partial charge on any atom is 0.170 e. The Morgan fingerprint density at radius 3 is 2.65 bits per heavy atom. The lowest BCUT2D eigenvalue weighted by Gasteiger charge is -2.15. The Balaban J connectivity index is 1.88. The van der Waals surface area contributed by atoms with Crippen molar-refractivity contribution in [2.45, 2.75) is 0 Å². The number of para-hydroxylation sites is 1. The molecule has 0 aliphatic heterocycles. The summed E-state index contributed by atoms with van der Waals surface area (Å²) in [6.07, 6.45) is 1.37. The van der Waals surface area contributed by atoms with Crippen molar-refractivity contribution < 1.29 is 19.4 Å². The highest BCUT2D eigenvalue weighted by molar-refractivity contribution is 6.01. The first-order valence-corrected chi connectivity index (χ1v) is 7.75. The van der Waals surface area contributed by atoms with Gasteiger partial charge in [0.25, 0.3) is 0 Å². The molecule has 2 aromatic carbocycles. The second kappa shape index (κ2) is 7.52. The number of pyridine rings is 1. The molecule has 1 N–H and O–H groups in total. The topological polar surface area (TPSA) is 95.9 Å². The van der Waals surface area contributed by atoms with Crippen LogP contribution in [0, 0.1) is 0 Å². The van der Waals surface area contributed by atoms with Crippen LogP contribution < -0.4 is 20.0 Å². The first kappa shape index (κ1) is 17.2. The number of hydrogen-bond donors (Lipinski definition) is 1. The van der Waals surface area contributed by atoms with Crippen molar-refractivity contribution >= 4 is 28.9 Å². The SMILES string of the molecule is COc1ccc(/C=N\Nc2ccc3ccccc3n2)c(C(=O)[O-])c1OC. The third kappa shape index (κ3) is 3.41. The number of nitrogens with zero attached hydrogens (tertiary/aromatic N) is 2. The molecular formula is C19H16N3O4-. The number of benzene rings is 2. The molecule has 0 bridgehead atoms. The first-order chi connectivity index (χ1) is 12.6. The largest absolute Gasteiger partial charge is 0.545 e. The molecule has 7 heteroatoms. The van der Waals surface area contributed by atoms with Crippen molar-refractivity contribution in [1.29, 1.82) is 0 Å². The van der Waals surface area contributed by atoms with E-state index in [2.05, 4.69) is 15.5 Å². The smallest absolute Gasteiger partial charge is 0.170 e. The highest BCUT2D eigenvalue weighted by Crippen LogP contribution is 2.32. The van der Waals surface area contributed by atoms with E-state index in [1.54, 1.807) is 18.2 Å². The lowest BCUT2D eigenvalue weighted by atomic mass is 10.1. The van der Waals surface area contributed by atoms with Gasteiger partial charge in [0, 0.05) is 10.9 Å². The molecule has 1 aromatic heterocycles. The number of carbonyl (C=O) groups excluding carboxylic acids is 1. The zero-order valence-corrected chi connectivity index (χ0v) is 14.2. The average molecular weight is 350 g/mol. The van der Waals surface area contributed by atoms with Crippen molar-refractivity contribution in [1.82, 2.24) is 4.98 Å². The Morgan fingerprint density at radius 2 is 1.92 bits per heavy atom. The molecule has 0 saturated heterocycles. The summed E-state index contributed by atoms with van der Waals surface area (Å²) in [7, 11) is 2.79. The lowest BCUT2D eigenvalue weighted by molar-refractivity contribution is -0.255. The number of carboxylic acids is 1. The van der Waals surface area contributed by atoms with Crippen LogP contribution in [-0.4, -0.2) is 31.4 Å². The number of ether oxygens (including phenoxy) is 2. The monoisotopic (exact) mass is 350 g/mol. The fourth-order valence-electron chi connectivity index (χ4n) is 2.56. The molecular weight excluding hydrogens is 334 g/mol. The van der Waals surface area contributed by atoms with Crippen LogP contribution in [0.15, 0.2) is 53.6 Å². The summed E-state index contributed by atoms with van der Waals surface area (Å²) < 4.78 is 10.3. The number of aromatic carboxylic acids is 1. The second-order valence-corrected chi connectivity index (χ2v) is 5.31. The predicted octanol–water partition coefficient (Wildman–Crippen LogP) is 2.06. The number of methoxy groups -OCH3 is 2. The number of hydrogen-bond acceptors (Lipinski definition) is 7. The summed E-state index contributed by atoms with van der Waals surface area (Å²) in [6, 6.07) is 14.6. The molecule has 0 fully saturated rings. The van der Waals surface area contributed by atoms with Crippen LogP contribution in [-0.2, 0) is 0 Å². The van der Waals surface area contributed by atoms with E-state index in [0.29, 0.717) is 17.1 Å². The normalized spacial score (nSPS) is 10.8. The van der Waals surface area contributed by atoms with Gasteiger partial charge in [-0.25, -0.2) is 4.98 Å². The molecule has 0 radical (unpaired) electrons. The number of rotatable bonds is 6. The van der Waals surface area contributed by atoms with Gasteiger partial charge in [0.15, 0.2) is 11.5 Å². The maximum atomic E-state index is 11.5. The van der Waals surface area contributed by atoms with Gasteiger partial charge in [-0.15, -0.1) is 0 Å². The Bertz CT molecular complexity index is 986. The molecule has 0 atom stereocenters. The number of aromatic nitrogens is 1. The molecule has 26 heavy (non-hydrogen) atoms. The predicted molar refractivity (Wildman–Crippen MR) is 96.8 cm³/mol. The van der Waals surface area contributed by atoms with Crippen LogP contribution in [0.4, 0.5) is 5.82 Å². The summed E-state index contributed by atoms with van der Waals surface area (Å²) in [5.74, 6) is -0.463. The molecule has 1 heterocycles. The van der Waals surface area contributed by atoms with Gasteiger partial charge < -0.3 is 19.4 Å². The highest BCUT2D eigenvalue weighted by atomic mass is 16.5. The van der Waals surface area contributed by atoms with Gasteiger partial charge in [0.1, 0.15) is 5.82 Å². The summed E-state index contributed by atoms with van der Waals surface area (Å²) >= 11 is 0. The third-order valence-corrected chi connectivity index (χ3v) is 3.76. The van der Waals surface area contributed by atoms with Gasteiger partial charge >= 0.3 is 0 Å². The fourth-order valence-corrected chi connectivity index (χ4v) is 2.56. The molecule has 0 amide bonds. The minimum absolute atomic E-state index is 0.0836. The van der Waals surface area contributed by atoms with Gasteiger partial charge in [-0.1, -0.05) is 18.2 Å². The molecule has 3 rings (SSSR count). The summed E-state index contributed by atoms with van der Waals surface area (Å²) in [6.45, 7) is 0. The Morgan fingerprint density at radius 1 is 1.12 bits per heavy atom. The molecule has 0 unspecified atom stereocenters. The van der Waals surface area contributed by atoms with Gasteiger partial charge in [-0.3, -0.25) is 5.43 Å². The minimum Gasteiger partial charge on any atom is -0.545 e. The maximum absolute atomic E-state index is 11.5. The van der Waals surface area contributed by atoms with E-state index in [1.165, 1.54) is 20.4 Å². The number of carbonyl (C=O) groups is 1. The van der Waals surface area contributed by atoms with E-state index in [1.807, 2.05) is 30.3 Å². The Hall–Kier alpha value is -3.61. The zero-order valence-electron chi connectivity index (χ0n) is 14.2. The van der Waals surface area contributed by atoms with Crippen LogP contribution >= 0.6 is 0 Å². The minimum atomic E-state index is -1.38. The van der Waals surface area contributed by atoms with Gasteiger partial charge in [-0.05, 0) is 30.3 Å². The number of fused-ring (bicyclic) bond motifs is 1. The van der Waals surface area contributed by atoms with E-state index < -0.39 is 5.97 Å². The van der Waals surface area contributed by atoms with Crippen LogP contribution in [0.25, 0.3) is 10.9 Å². The van der Waals surface area contributed by atoms with E-state index in [0.717, 1.165) is 10.9 Å². The molecule has 3 aromatic rings. The first-order valence-electron chi connectivity index (χ1n) is 7.75. The second-order valence-electron chi connectivity index (χ2n) is 5.31. The van der Waals surface area contributed by atoms with Crippen molar-refractivity contribution in [2.24, 2.45) is 5.10 Å². The van der Waals surface area contributed by atoms with Crippen molar-refractivity contribution in [2.75, 3.05) is 19.6 Å². The summed E-state index contributed by atoms with van der Waals surface area (Å²) in [5, 5.41) is 16.6. The Kier molecular flexibility index (Phi) is 4.98. The van der Waals surface area contributed by atoms with E-state index >= 15 is 0 Å². The van der Waals surface area contributed by atoms with Crippen molar-refractivity contribution in [3.8, 4) is 11.5 Å². The van der Waals surface area contributed by atoms with Gasteiger partial charge in [-0.2, -0.15) is 5.10 Å². The summed E-state index contributed by atoms with van der Waals surface area (Å²) in [4.78, 5) is 15.9. The summed E-state index contributed by atoms with van der Waals surface area (Å²) in [5.41, 5.74) is 3.80. The number of anilines is 1. The van der Waals surface area contributed by atoms with Crippen LogP contribution in [0.3, 0.4) is 0 Å². The molecule has 0 aliphatic carbocycles. The zero-order chi connectivity index (χ0) is 18.5. The van der Waals surface area contributed by atoms with E-state index in [4.69, 9.17) is 9.47 Å². The van der Waals surface area contributed by atoms with Crippen LogP contribution in [0.5, 0.6) is 11.5 Å². The standard InChI is InChI=1S/C19H17N3O4/c1-25-15-9-7-13(17(19(23)24)18(15)26-2)11-20-22-16-10-8-12-5-3-4-6-14(12)21-16/h3-11H,1-2H3,(H,21,22)(H,23,24)/p-1/b20-11-. The van der Waals surface area contributed by atoms with Gasteiger partial charge in [0.05, 0.1) is 37.5 Å². The number of nitrogens with one attached hydrogen (secondary N) is 1. The average Bonchev–Trinajstić information content (AvgIpc) is 2.67. The van der Waals surface area contributed by atoms with E-state index in [9.17, 15) is 9.90 Å². The molecule has 0 saturated carbocycles. The molecule has 0 spiro atoms. The quantitative estimate of drug-likeness (QED) is 0.540. The van der Waals surface area contributed by atoms with Crippen molar-refractivity contribution in [3.05, 3.63) is 59.7 Å².